The topological polar surface area (TPSA) is 71.2 Å². The SMILES string of the molecule is O=C(COc1ccccc1F)Nc1ccc2c3c(c(=O)[nH]c2c1)CCC3. The highest BCUT2D eigenvalue weighted by Crippen LogP contribution is 2.27. The maximum Gasteiger partial charge on any atom is 0.262 e. The lowest BCUT2D eigenvalue weighted by atomic mass is 10.1. The summed E-state index contributed by atoms with van der Waals surface area (Å²) < 4.78 is 18.7. The third-order valence-corrected chi connectivity index (χ3v) is 4.56. The molecule has 3 aromatic rings. The van der Waals surface area contributed by atoms with E-state index in [0.29, 0.717) is 11.2 Å². The Morgan fingerprint density at radius 1 is 1.15 bits per heavy atom. The number of aromatic nitrogens is 1. The number of carbonyl (C=O) groups is 1. The molecule has 0 aliphatic heterocycles. The number of para-hydroxylation sites is 1. The third kappa shape index (κ3) is 3.06. The fourth-order valence-corrected chi connectivity index (χ4v) is 3.38. The Balaban J connectivity index is 1.51. The van der Waals surface area contributed by atoms with Crippen molar-refractivity contribution in [3.05, 3.63) is 69.8 Å². The van der Waals surface area contributed by atoms with Crippen LogP contribution in [-0.2, 0) is 17.6 Å². The fourth-order valence-electron chi connectivity index (χ4n) is 3.38. The molecule has 2 aromatic carbocycles. The first kappa shape index (κ1) is 16.3. The van der Waals surface area contributed by atoms with Crippen LogP contribution in [0.1, 0.15) is 17.5 Å². The third-order valence-electron chi connectivity index (χ3n) is 4.56. The predicted molar refractivity (Wildman–Crippen MR) is 97.1 cm³/mol. The van der Waals surface area contributed by atoms with Gasteiger partial charge in [0.15, 0.2) is 18.2 Å². The molecule has 4 rings (SSSR count). The number of amides is 1. The van der Waals surface area contributed by atoms with Crippen LogP contribution in [0.5, 0.6) is 5.75 Å². The molecule has 1 amide bonds. The van der Waals surface area contributed by atoms with E-state index in [4.69, 9.17) is 4.74 Å². The summed E-state index contributed by atoms with van der Waals surface area (Å²) >= 11 is 0. The fraction of sp³-hybridized carbons (Fsp3) is 0.200. The van der Waals surface area contributed by atoms with E-state index in [0.717, 1.165) is 35.8 Å². The van der Waals surface area contributed by atoms with Gasteiger partial charge in [0.1, 0.15) is 0 Å². The van der Waals surface area contributed by atoms with Gasteiger partial charge in [-0.15, -0.1) is 0 Å². The van der Waals surface area contributed by atoms with Gasteiger partial charge in [-0.2, -0.15) is 0 Å². The summed E-state index contributed by atoms with van der Waals surface area (Å²) in [7, 11) is 0. The van der Waals surface area contributed by atoms with E-state index in [1.54, 1.807) is 24.3 Å². The van der Waals surface area contributed by atoms with Crippen molar-refractivity contribution in [2.45, 2.75) is 19.3 Å². The zero-order valence-corrected chi connectivity index (χ0v) is 14.0. The van der Waals surface area contributed by atoms with E-state index >= 15 is 0 Å². The van der Waals surface area contributed by atoms with Crippen molar-refractivity contribution in [1.82, 2.24) is 4.98 Å². The number of aromatic amines is 1. The lowest BCUT2D eigenvalue weighted by Gasteiger charge is -2.10. The van der Waals surface area contributed by atoms with Crippen LogP contribution in [0.25, 0.3) is 10.9 Å². The number of aryl methyl sites for hydroxylation is 1. The number of H-pyrrole nitrogens is 1. The Hall–Kier alpha value is -3.15. The van der Waals surface area contributed by atoms with Crippen molar-refractivity contribution in [1.29, 1.82) is 0 Å². The quantitative estimate of drug-likeness (QED) is 0.758. The second kappa shape index (κ2) is 6.63. The predicted octanol–water partition coefficient (Wildman–Crippen LogP) is 3.17. The largest absolute Gasteiger partial charge is 0.481 e. The average molecular weight is 352 g/mol. The minimum absolute atomic E-state index is 0.0288. The van der Waals surface area contributed by atoms with Crippen LogP contribution in [0.4, 0.5) is 10.1 Å². The first-order valence-electron chi connectivity index (χ1n) is 8.47. The van der Waals surface area contributed by atoms with E-state index < -0.39 is 11.7 Å². The molecule has 0 unspecified atom stereocenters. The van der Waals surface area contributed by atoms with E-state index in [-0.39, 0.29) is 17.9 Å². The van der Waals surface area contributed by atoms with Gasteiger partial charge >= 0.3 is 0 Å². The van der Waals surface area contributed by atoms with Crippen molar-refractivity contribution in [2.75, 3.05) is 11.9 Å². The number of fused-ring (bicyclic) bond motifs is 3. The van der Waals surface area contributed by atoms with Crippen molar-refractivity contribution in [2.24, 2.45) is 0 Å². The van der Waals surface area contributed by atoms with Gasteiger partial charge < -0.3 is 15.0 Å². The van der Waals surface area contributed by atoms with Crippen LogP contribution >= 0.6 is 0 Å². The van der Waals surface area contributed by atoms with Crippen LogP contribution in [0.15, 0.2) is 47.3 Å². The zero-order chi connectivity index (χ0) is 18.1. The molecule has 1 heterocycles. The van der Waals surface area contributed by atoms with Gasteiger partial charge in [-0.3, -0.25) is 9.59 Å². The molecule has 132 valence electrons. The number of nitrogens with one attached hydrogen (secondary N) is 2. The van der Waals surface area contributed by atoms with Crippen LogP contribution in [0, 0.1) is 5.82 Å². The molecule has 2 N–H and O–H groups in total. The molecule has 1 aromatic heterocycles. The summed E-state index contributed by atoms with van der Waals surface area (Å²) in [6.45, 7) is -0.306. The summed E-state index contributed by atoms with van der Waals surface area (Å²) in [5, 5.41) is 3.71. The Morgan fingerprint density at radius 2 is 1.96 bits per heavy atom. The summed E-state index contributed by atoms with van der Waals surface area (Å²) in [6.07, 6.45) is 2.70. The molecule has 0 radical (unpaired) electrons. The molecule has 6 heteroatoms. The molecule has 0 spiro atoms. The van der Waals surface area contributed by atoms with E-state index in [1.807, 2.05) is 6.07 Å². The highest BCUT2D eigenvalue weighted by Gasteiger charge is 2.18. The molecular weight excluding hydrogens is 335 g/mol. The number of ether oxygens (including phenoxy) is 1. The van der Waals surface area contributed by atoms with Gasteiger partial charge in [0.2, 0.25) is 0 Å². The van der Waals surface area contributed by atoms with Gasteiger partial charge in [-0.25, -0.2) is 4.39 Å². The number of halogens is 1. The smallest absolute Gasteiger partial charge is 0.262 e. The Kier molecular flexibility index (Phi) is 4.16. The zero-order valence-electron chi connectivity index (χ0n) is 14.0. The highest BCUT2D eigenvalue weighted by atomic mass is 19.1. The van der Waals surface area contributed by atoms with E-state index in [9.17, 15) is 14.0 Å². The highest BCUT2D eigenvalue weighted by molar-refractivity contribution is 5.95. The number of anilines is 1. The summed E-state index contributed by atoms with van der Waals surface area (Å²) in [4.78, 5) is 27.1. The first-order valence-corrected chi connectivity index (χ1v) is 8.47. The Morgan fingerprint density at radius 3 is 2.81 bits per heavy atom. The molecule has 5 nitrogen and oxygen atoms in total. The second-order valence-electron chi connectivity index (χ2n) is 6.29. The lowest BCUT2D eigenvalue weighted by molar-refractivity contribution is -0.118. The lowest BCUT2D eigenvalue weighted by Crippen LogP contribution is -2.20. The number of hydrogen-bond acceptors (Lipinski definition) is 3. The van der Waals surface area contributed by atoms with Crippen molar-refractivity contribution < 1.29 is 13.9 Å². The molecule has 1 aliphatic carbocycles. The van der Waals surface area contributed by atoms with Crippen molar-refractivity contribution >= 4 is 22.5 Å². The molecule has 0 fully saturated rings. The molecule has 0 atom stereocenters. The molecule has 0 bridgehead atoms. The van der Waals surface area contributed by atoms with Gasteiger partial charge in [0.25, 0.3) is 11.5 Å². The number of pyridine rings is 1. The Bertz CT molecular complexity index is 1060. The van der Waals surface area contributed by atoms with Crippen LogP contribution in [-0.4, -0.2) is 17.5 Å². The minimum Gasteiger partial charge on any atom is -0.481 e. The standard InChI is InChI=1S/C20H17FN2O3/c21-16-6-1-2-7-18(16)26-11-19(24)22-12-8-9-14-13-4-3-5-15(13)20(25)23-17(14)10-12/h1-2,6-10H,3-5,11H2,(H,22,24)(H,23,25). The maximum absolute atomic E-state index is 13.5. The minimum atomic E-state index is -0.516. The second-order valence-corrected chi connectivity index (χ2v) is 6.29. The van der Waals surface area contributed by atoms with Crippen molar-refractivity contribution in [3.63, 3.8) is 0 Å². The van der Waals surface area contributed by atoms with Gasteiger partial charge in [0.05, 0.1) is 5.52 Å². The normalized spacial score (nSPS) is 12.8. The van der Waals surface area contributed by atoms with Crippen LogP contribution in [0.3, 0.4) is 0 Å². The molecule has 1 aliphatic rings. The van der Waals surface area contributed by atoms with E-state index in [1.165, 1.54) is 12.1 Å². The monoisotopic (exact) mass is 352 g/mol. The van der Waals surface area contributed by atoms with E-state index in [2.05, 4.69) is 10.3 Å². The van der Waals surface area contributed by atoms with Crippen LogP contribution < -0.4 is 15.6 Å². The first-order chi connectivity index (χ1) is 12.6. The molecule has 0 saturated heterocycles. The average Bonchev–Trinajstić information content (AvgIpc) is 3.11. The Labute approximate surface area is 148 Å². The van der Waals surface area contributed by atoms with Crippen LogP contribution in [0.2, 0.25) is 0 Å². The number of carbonyl (C=O) groups excluding carboxylic acids is 1. The number of rotatable bonds is 4. The summed E-state index contributed by atoms with van der Waals surface area (Å²) in [5.74, 6) is -0.894. The number of hydrogen-bond donors (Lipinski definition) is 2. The molecule has 26 heavy (non-hydrogen) atoms. The number of benzene rings is 2. The van der Waals surface area contributed by atoms with Gasteiger partial charge in [-0.05, 0) is 49.1 Å². The maximum atomic E-state index is 13.5. The summed E-state index contributed by atoms with van der Waals surface area (Å²) in [5.41, 5.74) is 3.16. The van der Waals surface area contributed by atoms with Gasteiger partial charge in [-0.1, -0.05) is 18.2 Å². The summed E-state index contributed by atoms with van der Waals surface area (Å²) in [6, 6.07) is 11.3. The van der Waals surface area contributed by atoms with Crippen molar-refractivity contribution in [3.8, 4) is 5.75 Å². The molecular formula is C20H17FN2O3. The molecule has 0 saturated carbocycles. The van der Waals surface area contributed by atoms with Gasteiger partial charge in [0, 0.05) is 16.6 Å².